The third-order valence-corrected chi connectivity index (χ3v) is 5.09. The third-order valence-electron chi connectivity index (χ3n) is 4.46. The average Bonchev–Trinajstić information content (AvgIpc) is 2.67. The van der Waals surface area contributed by atoms with Gasteiger partial charge in [-0.1, -0.05) is 48.3 Å². The highest BCUT2D eigenvalue weighted by atomic mass is 35.5. The molecular weight excluding hydrogens is 401 g/mol. The van der Waals surface area contributed by atoms with Crippen LogP contribution in [0.15, 0.2) is 42.5 Å². The first kappa shape index (κ1) is 21.9. The average molecular weight is 422 g/mol. The molecule has 28 heavy (non-hydrogen) atoms. The zero-order valence-corrected chi connectivity index (χ0v) is 17.1. The van der Waals surface area contributed by atoms with Crippen molar-refractivity contribution in [3.8, 4) is 0 Å². The number of amides is 1. The molecular formula is C21H21Cl2NO4. The van der Waals surface area contributed by atoms with Gasteiger partial charge in [-0.25, -0.2) is 0 Å². The van der Waals surface area contributed by atoms with E-state index in [0.29, 0.717) is 18.4 Å². The Morgan fingerprint density at radius 3 is 2.18 bits per heavy atom. The van der Waals surface area contributed by atoms with Crippen molar-refractivity contribution in [1.82, 2.24) is 0 Å². The fourth-order valence-corrected chi connectivity index (χ4v) is 3.34. The lowest BCUT2D eigenvalue weighted by atomic mass is 9.80. The smallest absolute Gasteiger partial charge is 0.319 e. The number of anilines is 1. The van der Waals surface area contributed by atoms with Gasteiger partial charge in [0.25, 0.3) is 5.91 Å². The summed E-state index contributed by atoms with van der Waals surface area (Å²) in [4.78, 5) is 36.3. The number of benzene rings is 2. The molecule has 1 atom stereocenters. The molecule has 0 fully saturated rings. The summed E-state index contributed by atoms with van der Waals surface area (Å²) in [5, 5.41) is 3.25. The molecule has 1 amide bonds. The molecule has 0 bridgehead atoms. The highest BCUT2D eigenvalue weighted by molar-refractivity contribution is 6.40. The number of hydrogen-bond acceptors (Lipinski definition) is 4. The van der Waals surface area contributed by atoms with Crippen molar-refractivity contribution in [1.29, 1.82) is 0 Å². The lowest BCUT2D eigenvalue weighted by molar-refractivity contribution is -0.157. The van der Waals surface area contributed by atoms with Crippen LogP contribution < -0.4 is 5.32 Å². The number of esters is 1. The molecule has 1 N–H and O–H groups in total. The zero-order chi connectivity index (χ0) is 20.7. The highest BCUT2D eigenvalue weighted by Crippen LogP contribution is 2.28. The molecule has 0 spiro atoms. The minimum Gasteiger partial charge on any atom is -0.465 e. The summed E-state index contributed by atoms with van der Waals surface area (Å²) in [5.74, 6) is -0.955. The molecule has 0 radical (unpaired) electrons. The van der Waals surface area contributed by atoms with Crippen LogP contribution >= 0.6 is 23.2 Å². The van der Waals surface area contributed by atoms with Gasteiger partial charge in [-0.2, -0.15) is 0 Å². The highest BCUT2D eigenvalue weighted by Gasteiger charge is 2.38. The summed E-state index contributed by atoms with van der Waals surface area (Å²) in [5.41, 5.74) is 0.291. The van der Waals surface area contributed by atoms with E-state index < -0.39 is 17.3 Å². The fraction of sp³-hybridized carbons (Fsp3) is 0.286. The van der Waals surface area contributed by atoms with Crippen LogP contribution in [0.5, 0.6) is 0 Å². The van der Waals surface area contributed by atoms with E-state index in [1.807, 2.05) is 0 Å². The van der Waals surface area contributed by atoms with Gasteiger partial charge in [-0.3, -0.25) is 9.59 Å². The Hall–Kier alpha value is -2.37. The normalized spacial score (nSPS) is 12.7. The number of aldehydes is 1. The quantitative estimate of drug-likeness (QED) is 0.371. The summed E-state index contributed by atoms with van der Waals surface area (Å²) >= 11 is 12.1. The summed E-state index contributed by atoms with van der Waals surface area (Å²) in [7, 11) is 0. The first-order valence-corrected chi connectivity index (χ1v) is 9.60. The Balaban J connectivity index is 2.16. The van der Waals surface area contributed by atoms with Crippen LogP contribution in [0.1, 0.15) is 36.2 Å². The maximum Gasteiger partial charge on any atom is 0.319 e. The van der Waals surface area contributed by atoms with Gasteiger partial charge in [-0.05, 0) is 49.6 Å². The van der Waals surface area contributed by atoms with Crippen molar-refractivity contribution in [3.63, 3.8) is 0 Å². The van der Waals surface area contributed by atoms with E-state index in [1.165, 1.54) is 0 Å². The lowest BCUT2D eigenvalue weighted by Crippen LogP contribution is -2.36. The molecule has 0 aliphatic heterocycles. The number of rotatable bonds is 8. The molecule has 7 heteroatoms. The molecule has 0 saturated carbocycles. The van der Waals surface area contributed by atoms with Gasteiger partial charge in [0.2, 0.25) is 0 Å². The number of ether oxygens (including phenoxy) is 1. The van der Waals surface area contributed by atoms with E-state index >= 15 is 0 Å². The van der Waals surface area contributed by atoms with Crippen LogP contribution in [0.3, 0.4) is 0 Å². The van der Waals surface area contributed by atoms with Crippen molar-refractivity contribution in [2.24, 2.45) is 5.41 Å². The molecule has 2 aromatic carbocycles. The minimum atomic E-state index is -1.22. The molecule has 2 aromatic rings. The van der Waals surface area contributed by atoms with Gasteiger partial charge in [0.15, 0.2) is 0 Å². The van der Waals surface area contributed by atoms with Gasteiger partial charge >= 0.3 is 5.97 Å². The molecule has 0 aromatic heterocycles. The summed E-state index contributed by atoms with van der Waals surface area (Å²) in [6, 6.07) is 11.7. The maximum absolute atomic E-state index is 12.4. The Bertz CT molecular complexity index is 847. The number of carbonyl (C=O) groups excluding carboxylic acids is 3. The Labute approximate surface area is 174 Å². The zero-order valence-electron chi connectivity index (χ0n) is 15.6. The fourth-order valence-electron chi connectivity index (χ4n) is 2.77. The molecule has 1 unspecified atom stereocenters. The van der Waals surface area contributed by atoms with E-state index in [4.69, 9.17) is 27.9 Å². The summed E-state index contributed by atoms with van der Waals surface area (Å²) in [6.45, 7) is 3.68. The number of nitrogens with one attached hydrogen (secondary N) is 1. The Kier molecular flexibility index (Phi) is 7.61. The number of hydrogen-bond donors (Lipinski definition) is 1. The molecule has 0 heterocycles. The van der Waals surface area contributed by atoms with Crippen LogP contribution in [-0.4, -0.2) is 24.8 Å². The Morgan fingerprint density at radius 1 is 1.07 bits per heavy atom. The second-order valence-electron chi connectivity index (χ2n) is 6.27. The minimum absolute atomic E-state index is 0.197. The van der Waals surface area contributed by atoms with Crippen molar-refractivity contribution in [3.05, 3.63) is 63.6 Å². The van der Waals surface area contributed by atoms with Crippen molar-refractivity contribution in [2.75, 3.05) is 11.9 Å². The van der Waals surface area contributed by atoms with E-state index in [9.17, 15) is 14.4 Å². The van der Waals surface area contributed by atoms with E-state index in [0.717, 1.165) is 5.56 Å². The maximum atomic E-state index is 12.4. The molecule has 148 valence electrons. The van der Waals surface area contributed by atoms with Gasteiger partial charge < -0.3 is 14.8 Å². The summed E-state index contributed by atoms with van der Waals surface area (Å²) < 4.78 is 5.06. The first-order chi connectivity index (χ1) is 13.4. The van der Waals surface area contributed by atoms with Crippen LogP contribution in [0, 0.1) is 5.41 Å². The molecule has 2 rings (SSSR count). The van der Waals surface area contributed by atoms with Crippen molar-refractivity contribution >= 4 is 47.1 Å². The van der Waals surface area contributed by atoms with Crippen LogP contribution in [0.4, 0.5) is 5.69 Å². The standard InChI is InChI=1S/C21H21Cl2NO4/c1-3-21(13-25,20(27)28-4-2)12-14-8-10-15(11-9-14)24-19(26)18-16(22)6-5-7-17(18)23/h5-11,13H,3-4,12H2,1-2H3,(H,24,26). The summed E-state index contributed by atoms with van der Waals surface area (Å²) in [6.07, 6.45) is 1.20. The van der Waals surface area contributed by atoms with Crippen LogP contribution in [-0.2, 0) is 20.7 Å². The number of halogens is 2. The van der Waals surface area contributed by atoms with Crippen LogP contribution in [0.25, 0.3) is 0 Å². The monoisotopic (exact) mass is 421 g/mol. The van der Waals surface area contributed by atoms with E-state index in [-0.39, 0.29) is 28.6 Å². The van der Waals surface area contributed by atoms with E-state index in [2.05, 4.69) is 5.32 Å². The molecule has 5 nitrogen and oxygen atoms in total. The van der Waals surface area contributed by atoms with Gasteiger partial charge in [-0.15, -0.1) is 0 Å². The van der Waals surface area contributed by atoms with Crippen LogP contribution in [0.2, 0.25) is 10.0 Å². The lowest BCUT2D eigenvalue weighted by Gasteiger charge is -2.24. The van der Waals surface area contributed by atoms with Gasteiger partial charge in [0.05, 0.1) is 22.2 Å². The molecule has 0 aliphatic carbocycles. The molecule has 0 saturated heterocycles. The Morgan fingerprint density at radius 2 is 1.68 bits per heavy atom. The largest absolute Gasteiger partial charge is 0.465 e. The first-order valence-electron chi connectivity index (χ1n) is 8.84. The molecule has 0 aliphatic rings. The number of carbonyl (C=O) groups is 3. The second kappa shape index (κ2) is 9.71. The van der Waals surface area contributed by atoms with Gasteiger partial charge in [0.1, 0.15) is 11.7 Å². The van der Waals surface area contributed by atoms with Gasteiger partial charge in [0, 0.05) is 5.69 Å². The SMILES string of the molecule is CCOC(=O)C(C=O)(CC)Cc1ccc(NC(=O)c2c(Cl)cccc2Cl)cc1. The van der Waals surface area contributed by atoms with Crippen molar-refractivity contribution in [2.45, 2.75) is 26.7 Å². The van der Waals surface area contributed by atoms with E-state index in [1.54, 1.807) is 56.3 Å². The predicted molar refractivity (Wildman–Crippen MR) is 110 cm³/mol. The topological polar surface area (TPSA) is 72.5 Å². The predicted octanol–water partition coefficient (Wildman–Crippen LogP) is 4.95. The van der Waals surface area contributed by atoms with Crippen molar-refractivity contribution < 1.29 is 19.1 Å². The third kappa shape index (κ3) is 4.91. The second-order valence-corrected chi connectivity index (χ2v) is 7.09.